The molecule has 1 aromatic rings. The van der Waals surface area contributed by atoms with Gasteiger partial charge in [0, 0.05) is 19.6 Å². The molecule has 0 aliphatic carbocycles. The van der Waals surface area contributed by atoms with Gasteiger partial charge in [-0.1, -0.05) is 18.2 Å². The molecule has 1 N–H and O–H groups in total. The van der Waals surface area contributed by atoms with E-state index in [0.29, 0.717) is 31.0 Å². The first-order valence-corrected chi connectivity index (χ1v) is 9.50. The van der Waals surface area contributed by atoms with E-state index in [0.717, 1.165) is 0 Å². The summed E-state index contributed by atoms with van der Waals surface area (Å²) in [7, 11) is -3.29. The lowest BCUT2D eigenvalue weighted by Gasteiger charge is -2.35. The maximum Gasteiger partial charge on any atom is 0.317 e. The second kappa shape index (κ2) is 7.79. The number of benzene rings is 1. The molecule has 0 spiro atoms. The Bertz CT molecular complexity index is 608. The predicted octanol–water partition coefficient (Wildman–Crippen LogP) is 1.67. The summed E-state index contributed by atoms with van der Waals surface area (Å²) in [5.41, 5.74) is 0. The van der Waals surface area contributed by atoms with E-state index < -0.39 is 9.84 Å². The molecule has 0 radical (unpaired) electrons. The van der Waals surface area contributed by atoms with Crippen molar-refractivity contribution in [3.63, 3.8) is 0 Å². The fourth-order valence-electron chi connectivity index (χ4n) is 2.66. The number of carbonyl (C=O) groups excluding carboxylic acids is 1. The fraction of sp³-hybridized carbons (Fsp3) is 0.562. The lowest BCUT2D eigenvalue weighted by atomic mass is 10.2. The van der Waals surface area contributed by atoms with Crippen LogP contribution in [-0.4, -0.2) is 56.9 Å². The number of ether oxygens (including phenoxy) is 1. The lowest BCUT2D eigenvalue weighted by molar-refractivity contribution is -0.0544. The van der Waals surface area contributed by atoms with E-state index in [1.165, 1.54) is 0 Å². The van der Waals surface area contributed by atoms with Crippen LogP contribution in [0.15, 0.2) is 35.2 Å². The van der Waals surface area contributed by atoms with E-state index in [4.69, 9.17) is 4.74 Å². The minimum Gasteiger partial charge on any atom is -0.372 e. The summed E-state index contributed by atoms with van der Waals surface area (Å²) in [6, 6.07) is 8.20. The molecule has 1 saturated heterocycles. The molecule has 23 heavy (non-hydrogen) atoms. The first-order chi connectivity index (χ1) is 10.9. The van der Waals surface area contributed by atoms with Crippen molar-refractivity contribution < 1.29 is 17.9 Å². The average Bonchev–Trinajstić information content (AvgIpc) is 2.51. The van der Waals surface area contributed by atoms with Gasteiger partial charge in [-0.15, -0.1) is 0 Å². The highest BCUT2D eigenvalue weighted by Gasteiger charge is 2.25. The molecule has 2 unspecified atom stereocenters. The molecule has 7 heteroatoms. The lowest BCUT2D eigenvalue weighted by Crippen LogP contribution is -2.51. The second-order valence-electron chi connectivity index (χ2n) is 5.88. The number of carbonyl (C=O) groups is 1. The highest BCUT2D eigenvalue weighted by molar-refractivity contribution is 7.91. The van der Waals surface area contributed by atoms with E-state index in [2.05, 4.69) is 5.32 Å². The van der Waals surface area contributed by atoms with Gasteiger partial charge in [-0.25, -0.2) is 13.2 Å². The van der Waals surface area contributed by atoms with E-state index in [1.54, 1.807) is 35.2 Å². The van der Waals surface area contributed by atoms with Crippen molar-refractivity contribution in [3.8, 4) is 0 Å². The Morgan fingerprint density at radius 1 is 1.22 bits per heavy atom. The molecule has 1 fully saturated rings. The first kappa shape index (κ1) is 17.7. The van der Waals surface area contributed by atoms with Crippen molar-refractivity contribution in [1.82, 2.24) is 10.2 Å². The number of sulfone groups is 1. The van der Waals surface area contributed by atoms with Gasteiger partial charge < -0.3 is 15.0 Å². The van der Waals surface area contributed by atoms with Gasteiger partial charge in [0.2, 0.25) is 0 Å². The molecule has 1 aliphatic rings. The number of nitrogens with zero attached hydrogens (tertiary/aromatic N) is 1. The highest BCUT2D eigenvalue weighted by atomic mass is 32.2. The smallest absolute Gasteiger partial charge is 0.317 e. The Balaban J connectivity index is 1.76. The highest BCUT2D eigenvalue weighted by Crippen LogP contribution is 2.12. The van der Waals surface area contributed by atoms with Crippen molar-refractivity contribution in [2.75, 3.05) is 25.4 Å². The van der Waals surface area contributed by atoms with Crippen molar-refractivity contribution >= 4 is 15.9 Å². The van der Waals surface area contributed by atoms with Gasteiger partial charge in [0.15, 0.2) is 9.84 Å². The molecule has 128 valence electrons. The van der Waals surface area contributed by atoms with Gasteiger partial charge in [-0.05, 0) is 32.4 Å². The van der Waals surface area contributed by atoms with Crippen LogP contribution in [0, 0.1) is 0 Å². The minimum absolute atomic E-state index is 0.0166. The van der Waals surface area contributed by atoms with Crippen LogP contribution in [0.5, 0.6) is 0 Å². The zero-order chi connectivity index (χ0) is 16.9. The molecular formula is C16H24N2O4S. The molecule has 2 rings (SSSR count). The molecule has 6 nitrogen and oxygen atoms in total. The Morgan fingerprint density at radius 2 is 1.83 bits per heavy atom. The number of amides is 2. The van der Waals surface area contributed by atoms with Crippen molar-refractivity contribution in [2.24, 2.45) is 0 Å². The predicted molar refractivity (Wildman–Crippen MR) is 88.1 cm³/mol. The zero-order valence-corrected chi connectivity index (χ0v) is 14.4. The molecule has 1 heterocycles. The minimum atomic E-state index is -3.29. The molecule has 2 atom stereocenters. The van der Waals surface area contributed by atoms with Crippen LogP contribution in [0.4, 0.5) is 4.79 Å². The maximum atomic E-state index is 12.1. The van der Waals surface area contributed by atoms with Gasteiger partial charge in [-0.2, -0.15) is 0 Å². The standard InChI is InChI=1S/C16H24N2O4S/c1-13-11-18(12-14(2)22-13)16(19)17-9-6-10-23(20,21)15-7-4-3-5-8-15/h3-5,7-8,13-14H,6,9-12H2,1-2H3,(H,17,19). The Hall–Kier alpha value is -1.60. The van der Waals surface area contributed by atoms with Crippen LogP contribution in [0.1, 0.15) is 20.3 Å². The Labute approximate surface area is 137 Å². The van der Waals surface area contributed by atoms with Crippen molar-refractivity contribution in [2.45, 2.75) is 37.4 Å². The van der Waals surface area contributed by atoms with Crippen LogP contribution < -0.4 is 5.32 Å². The van der Waals surface area contributed by atoms with Crippen LogP contribution in [0.25, 0.3) is 0 Å². The Morgan fingerprint density at radius 3 is 2.43 bits per heavy atom. The normalized spacial score (nSPS) is 21.9. The van der Waals surface area contributed by atoms with E-state index in [-0.39, 0.29) is 24.0 Å². The molecular weight excluding hydrogens is 316 g/mol. The Kier molecular flexibility index (Phi) is 6.01. The molecule has 2 amide bonds. The van der Waals surface area contributed by atoms with E-state index in [9.17, 15) is 13.2 Å². The topological polar surface area (TPSA) is 75.7 Å². The van der Waals surface area contributed by atoms with Gasteiger partial charge in [0.05, 0.1) is 22.9 Å². The third-order valence-electron chi connectivity index (χ3n) is 3.68. The summed E-state index contributed by atoms with van der Waals surface area (Å²) < 4.78 is 29.8. The van der Waals surface area contributed by atoms with Crippen molar-refractivity contribution in [3.05, 3.63) is 30.3 Å². The SMILES string of the molecule is CC1CN(C(=O)NCCCS(=O)(=O)c2ccccc2)CC(C)O1. The van der Waals surface area contributed by atoms with Gasteiger partial charge >= 0.3 is 6.03 Å². The second-order valence-corrected chi connectivity index (χ2v) is 7.99. The summed E-state index contributed by atoms with van der Waals surface area (Å²) in [5, 5.41) is 2.78. The summed E-state index contributed by atoms with van der Waals surface area (Å²) in [6.45, 7) is 5.31. The molecule has 1 aliphatic heterocycles. The molecule has 0 aromatic heterocycles. The number of morpholine rings is 1. The van der Waals surface area contributed by atoms with Crippen molar-refractivity contribution in [1.29, 1.82) is 0 Å². The maximum absolute atomic E-state index is 12.1. The van der Waals surface area contributed by atoms with Crippen LogP contribution >= 0.6 is 0 Å². The summed E-state index contributed by atoms with van der Waals surface area (Å²) in [4.78, 5) is 14.1. The first-order valence-electron chi connectivity index (χ1n) is 7.84. The quantitative estimate of drug-likeness (QED) is 0.827. The van der Waals surface area contributed by atoms with Gasteiger partial charge in [0.1, 0.15) is 0 Å². The number of nitrogens with one attached hydrogen (secondary N) is 1. The third kappa shape index (κ3) is 5.21. The van der Waals surface area contributed by atoms with Crippen LogP contribution in [-0.2, 0) is 14.6 Å². The third-order valence-corrected chi connectivity index (χ3v) is 5.49. The number of hydrogen-bond acceptors (Lipinski definition) is 4. The number of rotatable bonds is 5. The summed E-state index contributed by atoms with van der Waals surface area (Å²) in [5.74, 6) is 0.0210. The molecule has 0 saturated carbocycles. The summed E-state index contributed by atoms with van der Waals surface area (Å²) in [6.07, 6.45) is 0.421. The molecule has 0 bridgehead atoms. The van der Waals surface area contributed by atoms with E-state index in [1.807, 2.05) is 13.8 Å². The van der Waals surface area contributed by atoms with E-state index >= 15 is 0 Å². The fourth-order valence-corrected chi connectivity index (χ4v) is 3.99. The van der Waals surface area contributed by atoms with Crippen LogP contribution in [0.2, 0.25) is 0 Å². The van der Waals surface area contributed by atoms with Gasteiger partial charge in [0.25, 0.3) is 0 Å². The summed E-state index contributed by atoms with van der Waals surface area (Å²) >= 11 is 0. The number of hydrogen-bond donors (Lipinski definition) is 1. The van der Waals surface area contributed by atoms with Crippen LogP contribution in [0.3, 0.4) is 0 Å². The largest absolute Gasteiger partial charge is 0.372 e. The average molecular weight is 340 g/mol. The number of urea groups is 1. The monoisotopic (exact) mass is 340 g/mol. The molecule has 1 aromatic carbocycles. The zero-order valence-electron chi connectivity index (χ0n) is 13.6. The van der Waals surface area contributed by atoms with Gasteiger partial charge in [-0.3, -0.25) is 0 Å².